The third-order valence-corrected chi connectivity index (χ3v) is 7.93. The smallest absolute Gasteiger partial charge is 0.227 e. The van der Waals surface area contributed by atoms with Gasteiger partial charge in [-0.05, 0) is 61.6 Å². The molecule has 3 aliphatic rings. The first kappa shape index (κ1) is 24.8. The van der Waals surface area contributed by atoms with E-state index in [9.17, 15) is 4.79 Å². The van der Waals surface area contributed by atoms with Crippen molar-refractivity contribution < 1.29 is 4.79 Å². The van der Waals surface area contributed by atoms with Crippen LogP contribution in [-0.2, 0) is 11.3 Å². The Hall–Kier alpha value is -0.460. The molecule has 1 saturated heterocycles. The van der Waals surface area contributed by atoms with Crippen LogP contribution in [0.25, 0.3) is 0 Å². The van der Waals surface area contributed by atoms with Crippen molar-refractivity contribution in [2.75, 3.05) is 29.9 Å². The van der Waals surface area contributed by atoms with Crippen LogP contribution >= 0.6 is 36.6 Å². The third-order valence-electron chi connectivity index (χ3n) is 6.99. The number of nitrogens with one attached hydrogen (secondary N) is 1. The van der Waals surface area contributed by atoms with Gasteiger partial charge in [0.15, 0.2) is 0 Å². The summed E-state index contributed by atoms with van der Waals surface area (Å²) in [6, 6.07) is 6.66. The SMILES string of the molecule is Cc1c(CN2CCSCC2)cccc1NC(=O)C1CC2CCCC(C1)C2N.Cl.Cl. The Bertz CT molecular complexity index is 670. The average molecular weight is 461 g/mol. The summed E-state index contributed by atoms with van der Waals surface area (Å²) < 4.78 is 0. The standard InChI is InChI=1S/C22H33N3OS.2ClH/c1-15-18(14-25-8-10-27-11-9-25)6-3-7-20(15)24-22(26)19-12-16-4-2-5-17(13-19)21(16)23;;/h3,6-7,16-17,19,21H,2,4-5,8-14,23H2,1H3,(H,24,26);2*1H. The van der Waals surface area contributed by atoms with E-state index >= 15 is 0 Å². The fourth-order valence-electron chi connectivity index (χ4n) is 5.23. The fourth-order valence-corrected chi connectivity index (χ4v) is 6.21. The molecule has 1 heterocycles. The number of amides is 1. The van der Waals surface area contributed by atoms with Gasteiger partial charge in [0, 0.05) is 48.8 Å². The second-order valence-electron chi connectivity index (χ2n) is 8.66. The summed E-state index contributed by atoms with van der Waals surface area (Å²) in [7, 11) is 0. The zero-order chi connectivity index (χ0) is 18.8. The van der Waals surface area contributed by atoms with E-state index in [0.717, 1.165) is 38.2 Å². The van der Waals surface area contributed by atoms with Gasteiger partial charge in [-0.15, -0.1) is 24.8 Å². The predicted molar refractivity (Wildman–Crippen MR) is 128 cm³/mol. The van der Waals surface area contributed by atoms with E-state index in [2.05, 4.69) is 35.3 Å². The summed E-state index contributed by atoms with van der Waals surface area (Å²) in [5.74, 6) is 3.86. The molecule has 0 radical (unpaired) electrons. The number of rotatable bonds is 4. The van der Waals surface area contributed by atoms with Gasteiger partial charge in [0.1, 0.15) is 0 Å². The predicted octanol–water partition coefficient (Wildman–Crippen LogP) is 4.48. The summed E-state index contributed by atoms with van der Waals surface area (Å²) in [6.07, 6.45) is 5.61. The highest BCUT2D eigenvalue weighted by molar-refractivity contribution is 7.99. The molecule has 1 aromatic carbocycles. The molecular weight excluding hydrogens is 425 g/mol. The van der Waals surface area contributed by atoms with E-state index in [0.29, 0.717) is 17.9 Å². The number of anilines is 1. The molecule has 4 rings (SSSR count). The quantitative estimate of drug-likeness (QED) is 0.696. The number of carbonyl (C=O) groups excluding carboxylic acids is 1. The van der Waals surface area contributed by atoms with Crippen molar-refractivity contribution in [1.82, 2.24) is 4.90 Å². The number of nitrogens with zero attached hydrogens (tertiary/aromatic N) is 1. The summed E-state index contributed by atoms with van der Waals surface area (Å²) in [5, 5.41) is 3.26. The first-order valence-electron chi connectivity index (χ1n) is 10.6. The van der Waals surface area contributed by atoms with Gasteiger partial charge in [0.05, 0.1) is 0 Å². The molecule has 2 aliphatic carbocycles. The Morgan fingerprint density at radius 2 is 1.83 bits per heavy atom. The van der Waals surface area contributed by atoms with E-state index in [1.54, 1.807) is 0 Å². The van der Waals surface area contributed by atoms with Gasteiger partial charge in [-0.2, -0.15) is 11.8 Å². The van der Waals surface area contributed by atoms with Crippen LogP contribution in [0.3, 0.4) is 0 Å². The maximum atomic E-state index is 13.0. The van der Waals surface area contributed by atoms with Crippen LogP contribution in [-0.4, -0.2) is 41.4 Å². The number of halogens is 2. The molecule has 1 aliphatic heterocycles. The van der Waals surface area contributed by atoms with Crippen LogP contribution < -0.4 is 11.1 Å². The largest absolute Gasteiger partial charge is 0.327 e. The summed E-state index contributed by atoms with van der Waals surface area (Å²) in [6.45, 7) is 5.45. The minimum atomic E-state index is 0. The van der Waals surface area contributed by atoms with Gasteiger partial charge in [0.25, 0.3) is 0 Å². The van der Waals surface area contributed by atoms with E-state index in [4.69, 9.17) is 5.73 Å². The minimum Gasteiger partial charge on any atom is -0.327 e. The highest BCUT2D eigenvalue weighted by Crippen LogP contribution is 2.42. The maximum Gasteiger partial charge on any atom is 0.227 e. The lowest BCUT2D eigenvalue weighted by Gasteiger charge is -2.43. The van der Waals surface area contributed by atoms with Gasteiger partial charge in [-0.25, -0.2) is 0 Å². The molecule has 7 heteroatoms. The minimum absolute atomic E-state index is 0. The summed E-state index contributed by atoms with van der Waals surface area (Å²) in [5.41, 5.74) is 9.94. The lowest BCUT2D eigenvalue weighted by Crippen LogP contribution is -2.48. The van der Waals surface area contributed by atoms with Gasteiger partial charge < -0.3 is 11.1 Å². The number of benzene rings is 1. The van der Waals surface area contributed by atoms with Crippen molar-refractivity contribution in [3.63, 3.8) is 0 Å². The summed E-state index contributed by atoms with van der Waals surface area (Å²) >= 11 is 2.04. The molecule has 4 nitrogen and oxygen atoms in total. The van der Waals surface area contributed by atoms with Crippen LogP contribution in [0.5, 0.6) is 0 Å². The van der Waals surface area contributed by atoms with Crippen molar-refractivity contribution in [1.29, 1.82) is 0 Å². The van der Waals surface area contributed by atoms with E-state index in [-0.39, 0.29) is 36.6 Å². The Kier molecular flexibility index (Phi) is 9.62. The van der Waals surface area contributed by atoms with Crippen LogP contribution in [0.15, 0.2) is 18.2 Å². The van der Waals surface area contributed by atoms with Crippen molar-refractivity contribution in [2.24, 2.45) is 23.5 Å². The molecule has 0 aromatic heterocycles. The number of nitrogens with two attached hydrogens (primary N) is 1. The third kappa shape index (κ3) is 5.82. The molecular formula is C22H35Cl2N3OS. The first-order valence-corrected chi connectivity index (χ1v) is 11.7. The fraction of sp³-hybridized carbons (Fsp3) is 0.682. The molecule has 2 atom stereocenters. The molecule has 2 saturated carbocycles. The summed E-state index contributed by atoms with van der Waals surface area (Å²) in [4.78, 5) is 15.5. The molecule has 0 spiro atoms. The first-order chi connectivity index (χ1) is 13.1. The lowest BCUT2D eigenvalue weighted by atomic mass is 9.65. The number of fused-ring (bicyclic) bond motifs is 2. The number of hydrogen-bond acceptors (Lipinski definition) is 4. The molecule has 1 amide bonds. The molecule has 2 bridgehead atoms. The maximum absolute atomic E-state index is 13.0. The molecule has 2 unspecified atom stereocenters. The monoisotopic (exact) mass is 459 g/mol. The molecule has 1 aromatic rings. The molecule has 164 valence electrons. The van der Waals surface area contributed by atoms with Crippen molar-refractivity contribution in [3.05, 3.63) is 29.3 Å². The molecule has 3 fully saturated rings. The van der Waals surface area contributed by atoms with E-state index < -0.39 is 0 Å². The van der Waals surface area contributed by atoms with Crippen LogP contribution in [0.2, 0.25) is 0 Å². The Morgan fingerprint density at radius 3 is 2.48 bits per heavy atom. The second-order valence-corrected chi connectivity index (χ2v) is 9.89. The van der Waals surface area contributed by atoms with E-state index in [1.165, 1.54) is 41.9 Å². The van der Waals surface area contributed by atoms with Gasteiger partial charge >= 0.3 is 0 Å². The Labute approximate surface area is 191 Å². The highest BCUT2D eigenvalue weighted by atomic mass is 35.5. The highest BCUT2D eigenvalue weighted by Gasteiger charge is 2.40. The van der Waals surface area contributed by atoms with Crippen molar-refractivity contribution in [3.8, 4) is 0 Å². The normalized spacial score (nSPS) is 29.3. The van der Waals surface area contributed by atoms with Gasteiger partial charge in [-0.3, -0.25) is 9.69 Å². The van der Waals surface area contributed by atoms with Crippen LogP contribution in [0.1, 0.15) is 43.2 Å². The van der Waals surface area contributed by atoms with E-state index in [1.807, 2.05) is 11.8 Å². The average Bonchev–Trinajstić information content (AvgIpc) is 2.65. The molecule has 3 N–H and O–H groups in total. The number of hydrogen-bond donors (Lipinski definition) is 2. The van der Waals surface area contributed by atoms with Gasteiger partial charge in [0.2, 0.25) is 5.91 Å². The Balaban J connectivity index is 0.00000150. The topological polar surface area (TPSA) is 58.4 Å². The number of thioether (sulfide) groups is 1. The van der Waals surface area contributed by atoms with Crippen LogP contribution in [0.4, 0.5) is 5.69 Å². The molecule has 29 heavy (non-hydrogen) atoms. The van der Waals surface area contributed by atoms with Crippen molar-refractivity contribution in [2.45, 2.75) is 51.6 Å². The number of carbonyl (C=O) groups is 1. The Morgan fingerprint density at radius 1 is 1.17 bits per heavy atom. The zero-order valence-corrected chi connectivity index (χ0v) is 19.7. The second kappa shape index (κ2) is 11.2. The van der Waals surface area contributed by atoms with Crippen molar-refractivity contribution >= 4 is 48.2 Å². The lowest BCUT2D eigenvalue weighted by molar-refractivity contribution is -0.122. The van der Waals surface area contributed by atoms with Crippen LogP contribution in [0, 0.1) is 24.7 Å². The zero-order valence-electron chi connectivity index (χ0n) is 17.3. The van der Waals surface area contributed by atoms with Gasteiger partial charge in [-0.1, -0.05) is 18.6 Å².